The fourth-order valence-electron chi connectivity index (χ4n) is 1.61. The minimum Gasteiger partial charge on any atom is -0.370 e. The van der Waals surface area contributed by atoms with Crippen molar-refractivity contribution in [2.75, 3.05) is 23.9 Å². The van der Waals surface area contributed by atoms with E-state index in [-0.39, 0.29) is 11.5 Å². The number of anilines is 1. The molecule has 0 aliphatic heterocycles. The van der Waals surface area contributed by atoms with Crippen molar-refractivity contribution in [2.45, 2.75) is 39.0 Å². The van der Waals surface area contributed by atoms with Gasteiger partial charge in [-0.3, -0.25) is 4.79 Å². The highest BCUT2D eigenvalue weighted by molar-refractivity contribution is 7.98. The number of unbranched alkanes of at least 4 members (excludes halogenated alkanes) is 2. The van der Waals surface area contributed by atoms with Crippen LogP contribution in [0, 0.1) is 0 Å². The summed E-state index contributed by atoms with van der Waals surface area (Å²) >= 11 is 1.88. The van der Waals surface area contributed by atoms with E-state index in [0.717, 1.165) is 18.8 Å². The number of aromatic nitrogens is 2. The number of H-pyrrole nitrogens is 1. The third kappa shape index (κ3) is 5.58. The Balaban J connectivity index is 2.40. The van der Waals surface area contributed by atoms with E-state index in [1.165, 1.54) is 24.7 Å². The van der Waals surface area contributed by atoms with Gasteiger partial charge in [0.15, 0.2) is 0 Å². The minimum atomic E-state index is -0.0846. The molecule has 0 unspecified atom stereocenters. The molecule has 0 bridgehead atoms. The molecule has 4 nitrogen and oxygen atoms in total. The summed E-state index contributed by atoms with van der Waals surface area (Å²) in [5, 5.41) is 3.22. The van der Waals surface area contributed by atoms with Crippen LogP contribution >= 0.6 is 11.8 Å². The first kappa shape index (κ1) is 15.1. The topological polar surface area (TPSA) is 57.8 Å². The number of hydrogen-bond donors (Lipinski definition) is 2. The molecule has 0 spiro atoms. The molecule has 1 rings (SSSR count). The van der Waals surface area contributed by atoms with Gasteiger partial charge in [-0.25, -0.2) is 4.98 Å². The standard InChI is InChI=1S/C13H23N3OS/c1-10(2)13-15-11(9-12(17)16-13)14-7-5-4-6-8-18-3/h9-10H,4-8H2,1-3H3,(H2,14,15,16,17). The van der Waals surface area contributed by atoms with Crippen LogP contribution in [-0.4, -0.2) is 28.5 Å². The maximum Gasteiger partial charge on any atom is 0.252 e. The third-order valence-electron chi connectivity index (χ3n) is 2.64. The molecule has 0 atom stereocenters. The summed E-state index contributed by atoms with van der Waals surface area (Å²) < 4.78 is 0. The Morgan fingerprint density at radius 2 is 2.17 bits per heavy atom. The Kier molecular flexibility index (Phi) is 6.86. The lowest BCUT2D eigenvalue weighted by Gasteiger charge is -2.08. The van der Waals surface area contributed by atoms with Crippen LogP contribution in [0.25, 0.3) is 0 Å². The van der Waals surface area contributed by atoms with E-state index in [9.17, 15) is 4.79 Å². The van der Waals surface area contributed by atoms with Crippen LogP contribution in [0.3, 0.4) is 0 Å². The summed E-state index contributed by atoms with van der Waals surface area (Å²) in [7, 11) is 0. The van der Waals surface area contributed by atoms with E-state index >= 15 is 0 Å². The second-order valence-electron chi connectivity index (χ2n) is 4.65. The number of aromatic amines is 1. The second-order valence-corrected chi connectivity index (χ2v) is 5.64. The van der Waals surface area contributed by atoms with E-state index in [4.69, 9.17) is 0 Å². The number of nitrogens with one attached hydrogen (secondary N) is 2. The highest BCUT2D eigenvalue weighted by Crippen LogP contribution is 2.09. The molecule has 0 saturated carbocycles. The van der Waals surface area contributed by atoms with Crippen molar-refractivity contribution in [1.29, 1.82) is 0 Å². The molecule has 102 valence electrons. The van der Waals surface area contributed by atoms with Crippen LogP contribution in [-0.2, 0) is 0 Å². The molecule has 0 amide bonds. The van der Waals surface area contributed by atoms with Gasteiger partial charge in [0.1, 0.15) is 11.6 Å². The summed E-state index contributed by atoms with van der Waals surface area (Å²) in [6, 6.07) is 1.52. The average Bonchev–Trinajstić information content (AvgIpc) is 2.33. The molecule has 18 heavy (non-hydrogen) atoms. The first-order valence-corrected chi connectivity index (χ1v) is 7.87. The van der Waals surface area contributed by atoms with Gasteiger partial charge in [-0.2, -0.15) is 11.8 Å². The van der Waals surface area contributed by atoms with Crippen molar-refractivity contribution in [2.24, 2.45) is 0 Å². The Labute approximate surface area is 113 Å². The lowest BCUT2D eigenvalue weighted by atomic mass is 10.2. The third-order valence-corrected chi connectivity index (χ3v) is 3.34. The number of thioether (sulfide) groups is 1. The lowest BCUT2D eigenvalue weighted by Crippen LogP contribution is -2.15. The van der Waals surface area contributed by atoms with Gasteiger partial charge in [0.2, 0.25) is 0 Å². The van der Waals surface area contributed by atoms with Gasteiger partial charge in [-0.1, -0.05) is 20.3 Å². The fraction of sp³-hybridized carbons (Fsp3) is 0.692. The molecular weight excluding hydrogens is 246 g/mol. The van der Waals surface area contributed by atoms with Crippen molar-refractivity contribution < 1.29 is 0 Å². The Morgan fingerprint density at radius 3 is 2.83 bits per heavy atom. The van der Waals surface area contributed by atoms with Gasteiger partial charge in [-0.15, -0.1) is 0 Å². The largest absolute Gasteiger partial charge is 0.370 e. The lowest BCUT2D eigenvalue weighted by molar-refractivity contribution is 0.740. The van der Waals surface area contributed by atoms with Crippen LogP contribution in [0.4, 0.5) is 5.82 Å². The number of hydrogen-bond acceptors (Lipinski definition) is 4. The van der Waals surface area contributed by atoms with Crippen molar-refractivity contribution in [3.8, 4) is 0 Å². The molecule has 1 aromatic heterocycles. The summed E-state index contributed by atoms with van der Waals surface area (Å²) in [6.07, 6.45) is 5.72. The quantitative estimate of drug-likeness (QED) is 0.713. The molecule has 0 aliphatic carbocycles. The van der Waals surface area contributed by atoms with Crippen LogP contribution in [0.2, 0.25) is 0 Å². The normalized spacial score (nSPS) is 10.9. The summed E-state index contributed by atoms with van der Waals surface area (Å²) in [4.78, 5) is 18.6. The predicted molar refractivity (Wildman–Crippen MR) is 79.7 cm³/mol. The zero-order valence-electron chi connectivity index (χ0n) is 11.5. The highest BCUT2D eigenvalue weighted by Gasteiger charge is 2.04. The maximum absolute atomic E-state index is 11.5. The van der Waals surface area contributed by atoms with Gasteiger partial charge in [0.25, 0.3) is 5.56 Å². The van der Waals surface area contributed by atoms with Crippen molar-refractivity contribution >= 4 is 17.6 Å². The minimum absolute atomic E-state index is 0.0846. The SMILES string of the molecule is CSCCCCCNc1cc(=O)[nH]c(C(C)C)n1. The summed E-state index contributed by atoms with van der Waals surface area (Å²) in [6.45, 7) is 4.91. The van der Waals surface area contributed by atoms with E-state index < -0.39 is 0 Å². The maximum atomic E-state index is 11.5. The van der Waals surface area contributed by atoms with Gasteiger partial charge >= 0.3 is 0 Å². The fourth-order valence-corrected chi connectivity index (χ4v) is 2.10. The van der Waals surface area contributed by atoms with Crippen molar-refractivity contribution in [3.63, 3.8) is 0 Å². The van der Waals surface area contributed by atoms with E-state index in [1.807, 2.05) is 25.6 Å². The van der Waals surface area contributed by atoms with Gasteiger partial charge in [0, 0.05) is 18.5 Å². The van der Waals surface area contributed by atoms with Crippen LogP contribution in [0.15, 0.2) is 10.9 Å². The zero-order chi connectivity index (χ0) is 13.4. The van der Waals surface area contributed by atoms with E-state index in [1.54, 1.807) is 0 Å². The molecule has 2 N–H and O–H groups in total. The molecule has 1 aromatic rings. The second kappa shape index (κ2) is 8.19. The van der Waals surface area contributed by atoms with E-state index in [2.05, 4.69) is 21.5 Å². The monoisotopic (exact) mass is 269 g/mol. The Morgan fingerprint density at radius 1 is 1.39 bits per heavy atom. The van der Waals surface area contributed by atoms with Crippen LogP contribution < -0.4 is 10.9 Å². The van der Waals surface area contributed by atoms with Gasteiger partial charge < -0.3 is 10.3 Å². The number of nitrogens with zero attached hydrogens (tertiary/aromatic N) is 1. The van der Waals surface area contributed by atoms with Crippen molar-refractivity contribution in [1.82, 2.24) is 9.97 Å². The molecule has 5 heteroatoms. The number of rotatable bonds is 8. The molecule has 0 saturated heterocycles. The first-order valence-electron chi connectivity index (χ1n) is 6.47. The molecule has 0 radical (unpaired) electrons. The molecule has 1 heterocycles. The molecule has 0 aliphatic rings. The predicted octanol–water partition coefficient (Wildman–Crippen LogP) is 2.84. The summed E-state index contributed by atoms with van der Waals surface area (Å²) in [5.74, 6) is 2.89. The molecule has 0 aromatic carbocycles. The van der Waals surface area contributed by atoms with Crippen LogP contribution in [0.5, 0.6) is 0 Å². The highest BCUT2D eigenvalue weighted by atomic mass is 32.2. The van der Waals surface area contributed by atoms with Crippen molar-refractivity contribution in [3.05, 3.63) is 22.2 Å². The van der Waals surface area contributed by atoms with Crippen LogP contribution in [0.1, 0.15) is 44.9 Å². The molecule has 0 fully saturated rings. The summed E-state index contributed by atoms with van der Waals surface area (Å²) in [5.41, 5.74) is -0.0846. The zero-order valence-corrected chi connectivity index (χ0v) is 12.3. The van der Waals surface area contributed by atoms with Gasteiger partial charge in [-0.05, 0) is 24.9 Å². The average molecular weight is 269 g/mol. The first-order chi connectivity index (χ1) is 8.63. The Hall–Kier alpha value is -0.970. The Bertz CT molecular complexity index is 403. The molecular formula is C13H23N3OS. The van der Waals surface area contributed by atoms with E-state index in [0.29, 0.717) is 5.82 Å². The smallest absolute Gasteiger partial charge is 0.252 e. The van der Waals surface area contributed by atoms with Gasteiger partial charge in [0.05, 0.1) is 0 Å².